The van der Waals surface area contributed by atoms with Crippen LogP contribution in [-0.4, -0.2) is 16.1 Å². The van der Waals surface area contributed by atoms with Crippen molar-refractivity contribution in [2.24, 2.45) is 5.92 Å². The fourth-order valence-corrected chi connectivity index (χ4v) is 3.53. The summed E-state index contributed by atoms with van der Waals surface area (Å²) in [6.07, 6.45) is 8.78. The van der Waals surface area contributed by atoms with Crippen LogP contribution in [-0.2, 0) is 5.21 Å². The molecule has 1 rings (SSSR count). The smallest absolute Gasteiger partial charge is 0.0446 e. The lowest BCUT2D eigenvalue weighted by Gasteiger charge is -2.50. The molecule has 1 saturated heterocycles. The molecular formula is C15H30NO. The first-order valence-corrected chi connectivity index (χ1v) is 7.27. The van der Waals surface area contributed by atoms with Gasteiger partial charge in [-0.25, -0.2) is 0 Å². The van der Waals surface area contributed by atoms with Gasteiger partial charge in [-0.05, 0) is 46.5 Å². The molecule has 2 nitrogen and oxygen atoms in total. The van der Waals surface area contributed by atoms with Crippen LogP contribution in [0.5, 0.6) is 0 Å². The van der Waals surface area contributed by atoms with Gasteiger partial charge in [0.05, 0.1) is 0 Å². The Labute approximate surface area is 107 Å². The summed E-state index contributed by atoms with van der Waals surface area (Å²) in [5.74, 6) is 0.738. The van der Waals surface area contributed by atoms with Crippen LogP contribution in [0.25, 0.3) is 0 Å². The second kappa shape index (κ2) is 5.71. The van der Waals surface area contributed by atoms with Crippen molar-refractivity contribution in [3.63, 3.8) is 0 Å². The summed E-state index contributed by atoms with van der Waals surface area (Å²) in [5.41, 5.74) is -0.367. The summed E-state index contributed by atoms with van der Waals surface area (Å²) >= 11 is 0. The van der Waals surface area contributed by atoms with Crippen LogP contribution < -0.4 is 0 Å². The molecule has 1 heterocycles. The zero-order valence-electron chi connectivity index (χ0n) is 12.4. The van der Waals surface area contributed by atoms with Gasteiger partial charge in [0.2, 0.25) is 0 Å². The molecule has 0 aromatic carbocycles. The first kappa shape index (κ1) is 15.0. The van der Waals surface area contributed by atoms with Crippen molar-refractivity contribution in [1.29, 1.82) is 0 Å². The normalized spacial score (nSPS) is 25.1. The number of piperidine rings is 1. The summed E-state index contributed by atoms with van der Waals surface area (Å²) in [5, 5.41) is 13.5. The van der Waals surface area contributed by atoms with Crippen LogP contribution in [0.3, 0.4) is 0 Å². The highest BCUT2D eigenvalue weighted by atomic mass is 16.5. The topological polar surface area (TPSA) is 23.1 Å². The molecule has 0 aromatic rings. The zero-order valence-corrected chi connectivity index (χ0v) is 12.4. The number of unbranched alkanes of at least 4 members (excludes halogenated alkanes) is 3. The second-order valence-corrected chi connectivity index (χ2v) is 7.04. The molecule has 0 aromatic heterocycles. The summed E-state index contributed by atoms with van der Waals surface area (Å²) in [7, 11) is 0. The summed E-state index contributed by atoms with van der Waals surface area (Å²) in [4.78, 5) is 0. The highest BCUT2D eigenvalue weighted by molar-refractivity contribution is 4.95. The van der Waals surface area contributed by atoms with E-state index < -0.39 is 0 Å². The third-order valence-electron chi connectivity index (χ3n) is 4.14. The summed E-state index contributed by atoms with van der Waals surface area (Å²) in [6, 6.07) is 0. The molecule has 0 amide bonds. The van der Waals surface area contributed by atoms with Crippen LogP contribution >= 0.6 is 0 Å². The minimum absolute atomic E-state index is 0.183. The van der Waals surface area contributed by atoms with E-state index in [0.29, 0.717) is 0 Å². The molecule has 17 heavy (non-hydrogen) atoms. The number of hydroxylamine groups is 2. The zero-order chi connectivity index (χ0) is 13.1. The number of nitrogens with zero attached hydrogens (tertiary/aromatic N) is 1. The molecule has 0 bridgehead atoms. The van der Waals surface area contributed by atoms with Gasteiger partial charge in [-0.15, -0.1) is 10.3 Å². The van der Waals surface area contributed by atoms with Gasteiger partial charge in [-0.2, -0.15) is 0 Å². The molecule has 0 spiro atoms. The minimum Gasteiger partial charge on any atom is -0.144 e. The quantitative estimate of drug-likeness (QED) is 0.645. The molecule has 0 atom stereocenters. The Kier molecular flexibility index (Phi) is 5.03. The molecule has 2 heteroatoms. The Hall–Kier alpha value is -0.0800. The predicted octanol–water partition coefficient (Wildman–Crippen LogP) is 4.57. The van der Waals surface area contributed by atoms with Crippen molar-refractivity contribution in [2.45, 2.75) is 90.6 Å². The Morgan fingerprint density at radius 2 is 1.53 bits per heavy atom. The predicted molar refractivity (Wildman–Crippen MR) is 72.2 cm³/mol. The highest BCUT2D eigenvalue weighted by Crippen LogP contribution is 2.41. The van der Waals surface area contributed by atoms with Crippen LogP contribution in [0.1, 0.15) is 79.6 Å². The first-order chi connectivity index (χ1) is 7.79. The third-order valence-corrected chi connectivity index (χ3v) is 4.14. The molecular weight excluding hydrogens is 210 g/mol. The van der Waals surface area contributed by atoms with Crippen LogP contribution in [0, 0.1) is 5.92 Å². The molecule has 0 saturated carbocycles. The minimum atomic E-state index is -0.183. The monoisotopic (exact) mass is 240 g/mol. The van der Waals surface area contributed by atoms with Crippen LogP contribution in [0.15, 0.2) is 0 Å². The van der Waals surface area contributed by atoms with Crippen molar-refractivity contribution in [3.05, 3.63) is 0 Å². The number of hydrogen-bond donors (Lipinski definition) is 0. The molecule has 0 N–H and O–H groups in total. The standard InChI is InChI=1S/C15H30NO/c1-6-7-8-9-10-13-11-14(2,3)16(17)15(4,5)12-13/h13H,6-12H2,1-5H3. The molecule has 1 aliphatic rings. The van der Waals surface area contributed by atoms with Gasteiger partial charge >= 0.3 is 0 Å². The molecule has 0 aliphatic carbocycles. The van der Waals surface area contributed by atoms with E-state index in [9.17, 15) is 5.21 Å². The first-order valence-electron chi connectivity index (χ1n) is 7.27. The fraction of sp³-hybridized carbons (Fsp3) is 1.00. The maximum Gasteiger partial charge on any atom is 0.0446 e. The molecule has 101 valence electrons. The fourth-order valence-electron chi connectivity index (χ4n) is 3.53. The van der Waals surface area contributed by atoms with E-state index in [4.69, 9.17) is 0 Å². The van der Waals surface area contributed by atoms with E-state index in [-0.39, 0.29) is 11.1 Å². The Bertz CT molecular complexity index is 217. The van der Waals surface area contributed by atoms with Crippen molar-refractivity contribution in [1.82, 2.24) is 5.06 Å². The molecule has 0 unspecified atom stereocenters. The SMILES string of the molecule is CCCCCCC1CC(C)(C)N([O])C(C)(C)C1. The van der Waals surface area contributed by atoms with Gasteiger partial charge in [0.15, 0.2) is 0 Å². The third kappa shape index (κ3) is 3.96. The van der Waals surface area contributed by atoms with Crippen molar-refractivity contribution in [2.75, 3.05) is 0 Å². The average Bonchev–Trinajstić information content (AvgIpc) is 2.20. The van der Waals surface area contributed by atoms with E-state index >= 15 is 0 Å². The lowest BCUT2D eigenvalue weighted by atomic mass is 9.73. The summed E-state index contributed by atoms with van der Waals surface area (Å²) < 4.78 is 0. The van der Waals surface area contributed by atoms with E-state index in [2.05, 4.69) is 34.6 Å². The number of hydrogen-bond acceptors (Lipinski definition) is 1. The van der Waals surface area contributed by atoms with E-state index in [1.165, 1.54) is 37.2 Å². The second-order valence-electron chi connectivity index (χ2n) is 7.04. The number of rotatable bonds is 5. The highest BCUT2D eigenvalue weighted by Gasteiger charge is 2.45. The Morgan fingerprint density at radius 1 is 1.00 bits per heavy atom. The lowest BCUT2D eigenvalue weighted by Crippen LogP contribution is -2.58. The van der Waals surface area contributed by atoms with Gasteiger partial charge in [-0.1, -0.05) is 39.0 Å². The maximum atomic E-state index is 12.2. The van der Waals surface area contributed by atoms with Crippen molar-refractivity contribution >= 4 is 0 Å². The van der Waals surface area contributed by atoms with Gasteiger partial charge in [0.25, 0.3) is 0 Å². The Morgan fingerprint density at radius 3 is 2.00 bits per heavy atom. The van der Waals surface area contributed by atoms with Crippen LogP contribution in [0.2, 0.25) is 0 Å². The van der Waals surface area contributed by atoms with Crippen molar-refractivity contribution < 1.29 is 5.21 Å². The van der Waals surface area contributed by atoms with Crippen molar-refractivity contribution in [3.8, 4) is 0 Å². The van der Waals surface area contributed by atoms with E-state index in [1.807, 2.05) is 0 Å². The maximum absolute atomic E-state index is 12.2. The molecule has 1 aliphatic heterocycles. The van der Waals surface area contributed by atoms with Gasteiger partial charge in [-0.3, -0.25) is 0 Å². The van der Waals surface area contributed by atoms with Crippen LogP contribution in [0.4, 0.5) is 0 Å². The van der Waals surface area contributed by atoms with Gasteiger partial charge in [0, 0.05) is 11.1 Å². The van der Waals surface area contributed by atoms with E-state index in [0.717, 1.165) is 18.8 Å². The Balaban J connectivity index is 2.48. The molecule has 1 radical (unpaired) electrons. The lowest BCUT2D eigenvalue weighted by molar-refractivity contribution is -0.294. The van der Waals surface area contributed by atoms with Gasteiger partial charge < -0.3 is 0 Å². The molecule has 1 fully saturated rings. The largest absolute Gasteiger partial charge is 0.144 e. The van der Waals surface area contributed by atoms with Gasteiger partial charge in [0.1, 0.15) is 0 Å². The summed E-state index contributed by atoms with van der Waals surface area (Å²) in [6.45, 7) is 10.6. The average molecular weight is 240 g/mol. The van der Waals surface area contributed by atoms with E-state index in [1.54, 1.807) is 0 Å².